The number of ether oxygens (including phenoxy) is 2. The van der Waals surface area contributed by atoms with E-state index in [1.54, 1.807) is 36.6 Å². The van der Waals surface area contributed by atoms with Crippen molar-refractivity contribution in [3.63, 3.8) is 0 Å². The van der Waals surface area contributed by atoms with Crippen molar-refractivity contribution in [2.75, 3.05) is 17.9 Å². The predicted molar refractivity (Wildman–Crippen MR) is 119 cm³/mol. The first-order valence-corrected chi connectivity index (χ1v) is 11.7. The van der Waals surface area contributed by atoms with E-state index in [0.29, 0.717) is 36.0 Å². The maximum atomic E-state index is 12.7. The summed E-state index contributed by atoms with van der Waals surface area (Å²) in [5.74, 6) is 1.57. The summed E-state index contributed by atoms with van der Waals surface area (Å²) in [6, 6.07) is 14.4. The molecule has 0 spiro atoms. The monoisotopic (exact) mass is 456 g/mol. The minimum absolute atomic E-state index is 0.0408. The Labute approximate surface area is 186 Å². The van der Waals surface area contributed by atoms with Crippen LogP contribution in [-0.2, 0) is 16.4 Å². The molecule has 1 unspecified atom stereocenters. The van der Waals surface area contributed by atoms with E-state index >= 15 is 0 Å². The van der Waals surface area contributed by atoms with E-state index < -0.39 is 10.0 Å². The molecule has 0 radical (unpaired) electrons. The predicted octanol–water partition coefficient (Wildman–Crippen LogP) is 3.60. The van der Waals surface area contributed by atoms with Gasteiger partial charge >= 0.3 is 0 Å². The number of amides is 1. The van der Waals surface area contributed by atoms with Crippen LogP contribution in [0.1, 0.15) is 29.5 Å². The lowest BCUT2D eigenvalue weighted by molar-refractivity contribution is 0.0938. The van der Waals surface area contributed by atoms with Crippen LogP contribution < -0.4 is 19.5 Å². The Morgan fingerprint density at radius 3 is 2.50 bits per heavy atom. The summed E-state index contributed by atoms with van der Waals surface area (Å²) in [5, 5.41) is 2.94. The molecule has 8 nitrogen and oxygen atoms in total. The average molecular weight is 457 g/mol. The van der Waals surface area contributed by atoms with Crippen LogP contribution in [0.3, 0.4) is 0 Å². The summed E-state index contributed by atoms with van der Waals surface area (Å²) >= 11 is 0. The van der Waals surface area contributed by atoms with Crippen LogP contribution in [0.5, 0.6) is 11.5 Å². The van der Waals surface area contributed by atoms with Gasteiger partial charge in [-0.25, -0.2) is 8.42 Å². The topological polar surface area (TPSA) is 107 Å². The molecular formula is C23H24N2O6S. The molecular weight excluding hydrogens is 432 g/mol. The van der Waals surface area contributed by atoms with E-state index in [2.05, 4.69) is 10.0 Å². The first-order valence-electron chi connectivity index (χ1n) is 10.3. The molecule has 168 valence electrons. The van der Waals surface area contributed by atoms with Gasteiger partial charge in [-0.05, 0) is 61.9 Å². The maximum absolute atomic E-state index is 12.7. The fourth-order valence-corrected chi connectivity index (χ4v) is 4.36. The molecule has 0 aliphatic carbocycles. The summed E-state index contributed by atoms with van der Waals surface area (Å²) in [6.45, 7) is 2.73. The molecule has 32 heavy (non-hydrogen) atoms. The molecule has 2 aromatic carbocycles. The van der Waals surface area contributed by atoms with Crippen molar-refractivity contribution in [2.45, 2.75) is 30.7 Å². The lowest BCUT2D eigenvalue weighted by atomic mass is 10.1. The first kappa shape index (κ1) is 21.8. The van der Waals surface area contributed by atoms with Crippen LogP contribution in [-0.4, -0.2) is 33.6 Å². The highest BCUT2D eigenvalue weighted by Crippen LogP contribution is 2.32. The van der Waals surface area contributed by atoms with Crippen LogP contribution in [0.25, 0.3) is 0 Å². The van der Waals surface area contributed by atoms with Crippen LogP contribution in [0, 0.1) is 0 Å². The highest BCUT2D eigenvalue weighted by Gasteiger charge is 2.20. The van der Waals surface area contributed by atoms with Gasteiger partial charge < -0.3 is 19.2 Å². The molecule has 1 aliphatic heterocycles. The number of rotatable bonds is 8. The number of anilines is 1. The van der Waals surface area contributed by atoms with E-state index in [0.717, 1.165) is 18.6 Å². The van der Waals surface area contributed by atoms with Crippen LogP contribution in [0.4, 0.5) is 5.69 Å². The summed E-state index contributed by atoms with van der Waals surface area (Å²) in [7, 11) is -3.82. The summed E-state index contributed by atoms with van der Waals surface area (Å²) in [5.41, 5.74) is 0.791. The number of nitrogens with one attached hydrogen (secondary N) is 2. The number of furan rings is 1. The first-order chi connectivity index (χ1) is 15.4. The Balaban J connectivity index is 1.36. The fourth-order valence-electron chi connectivity index (χ4n) is 3.29. The molecule has 0 saturated carbocycles. The Kier molecular flexibility index (Phi) is 6.36. The van der Waals surface area contributed by atoms with Crippen molar-refractivity contribution >= 4 is 21.6 Å². The minimum atomic E-state index is -3.82. The standard InChI is InChI=1S/C23H24N2O6S/c1-16(4-9-19-3-2-12-29-19)24-23(26)17-5-7-18(8-6-17)25-32(27,28)20-10-11-21-22(15-20)31-14-13-30-21/h2-3,5-8,10-12,15-16,25H,4,9,13-14H2,1H3,(H,24,26). The molecule has 1 aromatic heterocycles. The van der Waals surface area contributed by atoms with Gasteiger partial charge in [-0.15, -0.1) is 0 Å². The SMILES string of the molecule is CC(CCc1ccco1)NC(=O)c1ccc(NS(=O)(=O)c2ccc3c(c2)OCCO3)cc1. The number of fused-ring (bicyclic) bond motifs is 1. The number of aryl methyl sites for hydroxylation is 1. The number of sulfonamides is 1. The van der Waals surface area contributed by atoms with Gasteiger partial charge in [0.05, 0.1) is 11.2 Å². The lowest BCUT2D eigenvalue weighted by Gasteiger charge is -2.19. The largest absolute Gasteiger partial charge is 0.486 e. The molecule has 0 saturated heterocycles. The molecule has 9 heteroatoms. The Bertz CT molecular complexity index is 1170. The minimum Gasteiger partial charge on any atom is -0.486 e. The second-order valence-electron chi connectivity index (χ2n) is 7.48. The molecule has 1 aliphatic rings. The Hall–Kier alpha value is -3.46. The van der Waals surface area contributed by atoms with Gasteiger partial charge in [0, 0.05) is 29.8 Å². The van der Waals surface area contributed by atoms with Gasteiger partial charge in [0.1, 0.15) is 19.0 Å². The van der Waals surface area contributed by atoms with Crippen LogP contribution in [0.2, 0.25) is 0 Å². The Morgan fingerprint density at radius 2 is 1.78 bits per heavy atom. The highest BCUT2D eigenvalue weighted by atomic mass is 32.2. The molecule has 0 fully saturated rings. The second-order valence-corrected chi connectivity index (χ2v) is 9.16. The van der Waals surface area contributed by atoms with E-state index in [1.807, 2.05) is 19.1 Å². The molecule has 3 aromatic rings. The molecule has 1 atom stereocenters. The highest BCUT2D eigenvalue weighted by molar-refractivity contribution is 7.92. The normalized spacial score (nSPS) is 13.9. The molecule has 2 N–H and O–H groups in total. The zero-order valence-electron chi connectivity index (χ0n) is 17.5. The van der Waals surface area contributed by atoms with Crippen molar-refractivity contribution in [1.29, 1.82) is 0 Å². The van der Waals surface area contributed by atoms with Gasteiger partial charge in [0.15, 0.2) is 11.5 Å². The molecule has 0 bridgehead atoms. The van der Waals surface area contributed by atoms with Crippen LogP contribution in [0.15, 0.2) is 70.2 Å². The van der Waals surface area contributed by atoms with Gasteiger partial charge in [-0.2, -0.15) is 0 Å². The van der Waals surface area contributed by atoms with Gasteiger partial charge in [0.2, 0.25) is 0 Å². The third-order valence-electron chi connectivity index (χ3n) is 5.00. The summed E-state index contributed by atoms with van der Waals surface area (Å²) < 4.78 is 44.2. The zero-order valence-corrected chi connectivity index (χ0v) is 18.4. The number of benzene rings is 2. The zero-order chi connectivity index (χ0) is 22.6. The van der Waals surface area contributed by atoms with Crippen molar-refractivity contribution in [3.8, 4) is 11.5 Å². The Morgan fingerprint density at radius 1 is 1.03 bits per heavy atom. The van der Waals surface area contributed by atoms with Gasteiger partial charge in [-0.1, -0.05) is 0 Å². The average Bonchev–Trinajstić information content (AvgIpc) is 3.31. The van der Waals surface area contributed by atoms with Crippen molar-refractivity contribution in [2.24, 2.45) is 0 Å². The lowest BCUT2D eigenvalue weighted by Crippen LogP contribution is -2.32. The molecule has 4 rings (SSSR count). The van der Waals surface area contributed by atoms with E-state index in [9.17, 15) is 13.2 Å². The van der Waals surface area contributed by atoms with E-state index in [4.69, 9.17) is 13.9 Å². The number of carbonyl (C=O) groups excluding carboxylic acids is 1. The van der Waals surface area contributed by atoms with E-state index in [-0.39, 0.29) is 16.8 Å². The van der Waals surface area contributed by atoms with Gasteiger partial charge in [-0.3, -0.25) is 9.52 Å². The molecule has 1 amide bonds. The quantitative estimate of drug-likeness (QED) is 0.536. The van der Waals surface area contributed by atoms with Gasteiger partial charge in [0.25, 0.3) is 15.9 Å². The number of hydrogen-bond acceptors (Lipinski definition) is 6. The van der Waals surface area contributed by atoms with E-state index in [1.165, 1.54) is 12.1 Å². The third-order valence-corrected chi connectivity index (χ3v) is 6.38. The third kappa shape index (κ3) is 5.23. The number of carbonyl (C=O) groups is 1. The summed E-state index contributed by atoms with van der Waals surface area (Å²) in [4.78, 5) is 12.5. The fraction of sp³-hybridized carbons (Fsp3) is 0.261. The molecule has 2 heterocycles. The van der Waals surface area contributed by atoms with Crippen molar-refractivity contribution in [3.05, 3.63) is 72.2 Å². The second kappa shape index (κ2) is 9.35. The van der Waals surface area contributed by atoms with Crippen molar-refractivity contribution in [1.82, 2.24) is 5.32 Å². The summed E-state index contributed by atoms with van der Waals surface area (Å²) in [6.07, 6.45) is 3.10. The number of hydrogen-bond donors (Lipinski definition) is 2. The van der Waals surface area contributed by atoms with Crippen LogP contribution >= 0.6 is 0 Å². The van der Waals surface area contributed by atoms with Crippen molar-refractivity contribution < 1.29 is 27.1 Å². The maximum Gasteiger partial charge on any atom is 0.262 e. The smallest absolute Gasteiger partial charge is 0.262 e.